The standard InChI is InChI=1S/C19H22N2O3/c1-3-20-19(22)18(21-24-4-2)17-13-9-8-10-15(17)14-23-16-11-6-5-7-12-16/h5-13H,3-4,14H2,1-2H3,(H,20,22). The van der Waals surface area contributed by atoms with Gasteiger partial charge in [-0.3, -0.25) is 4.79 Å². The number of amides is 1. The fourth-order valence-electron chi connectivity index (χ4n) is 2.14. The number of hydrogen-bond acceptors (Lipinski definition) is 4. The maximum Gasteiger partial charge on any atom is 0.273 e. The van der Waals surface area contributed by atoms with Crippen molar-refractivity contribution in [2.75, 3.05) is 13.2 Å². The molecule has 2 aromatic carbocycles. The molecule has 0 saturated heterocycles. The first-order chi connectivity index (χ1) is 11.8. The molecule has 1 amide bonds. The van der Waals surface area contributed by atoms with Crippen LogP contribution in [-0.2, 0) is 16.2 Å². The van der Waals surface area contributed by atoms with Crippen molar-refractivity contribution >= 4 is 11.6 Å². The summed E-state index contributed by atoms with van der Waals surface area (Å²) in [4.78, 5) is 17.4. The summed E-state index contributed by atoms with van der Waals surface area (Å²) in [5.74, 6) is 0.506. The van der Waals surface area contributed by atoms with Crippen molar-refractivity contribution in [2.24, 2.45) is 5.16 Å². The van der Waals surface area contributed by atoms with Crippen molar-refractivity contribution in [1.29, 1.82) is 0 Å². The Bertz CT molecular complexity index is 684. The molecule has 0 aliphatic heterocycles. The van der Waals surface area contributed by atoms with Gasteiger partial charge in [0.05, 0.1) is 0 Å². The van der Waals surface area contributed by atoms with Crippen LogP contribution in [0.15, 0.2) is 59.8 Å². The molecule has 1 N–H and O–H groups in total. The normalized spacial score (nSPS) is 11.0. The molecular weight excluding hydrogens is 304 g/mol. The fourth-order valence-corrected chi connectivity index (χ4v) is 2.14. The van der Waals surface area contributed by atoms with Crippen molar-refractivity contribution in [1.82, 2.24) is 5.32 Å². The van der Waals surface area contributed by atoms with E-state index in [0.29, 0.717) is 25.3 Å². The number of para-hydroxylation sites is 1. The largest absolute Gasteiger partial charge is 0.489 e. The highest BCUT2D eigenvalue weighted by molar-refractivity contribution is 6.45. The third kappa shape index (κ3) is 4.84. The zero-order valence-corrected chi connectivity index (χ0v) is 14.0. The summed E-state index contributed by atoms with van der Waals surface area (Å²) in [6.07, 6.45) is 0. The molecule has 5 nitrogen and oxygen atoms in total. The van der Waals surface area contributed by atoms with Crippen molar-refractivity contribution in [2.45, 2.75) is 20.5 Å². The molecule has 24 heavy (non-hydrogen) atoms. The van der Waals surface area contributed by atoms with E-state index < -0.39 is 0 Å². The Labute approximate surface area is 142 Å². The van der Waals surface area contributed by atoms with Gasteiger partial charge in [-0.2, -0.15) is 0 Å². The van der Waals surface area contributed by atoms with Gasteiger partial charge in [0.15, 0.2) is 5.71 Å². The fraction of sp³-hybridized carbons (Fsp3) is 0.263. The summed E-state index contributed by atoms with van der Waals surface area (Å²) in [7, 11) is 0. The van der Waals surface area contributed by atoms with Crippen LogP contribution in [0, 0.1) is 0 Å². The average molecular weight is 326 g/mol. The highest BCUT2D eigenvalue weighted by Crippen LogP contribution is 2.16. The van der Waals surface area contributed by atoms with E-state index in [1.165, 1.54) is 0 Å². The van der Waals surface area contributed by atoms with Gasteiger partial charge < -0.3 is 14.9 Å². The first-order valence-electron chi connectivity index (χ1n) is 8.00. The summed E-state index contributed by atoms with van der Waals surface area (Å²) in [5, 5.41) is 6.76. The quantitative estimate of drug-likeness (QED) is 0.599. The van der Waals surface area contributed by atoms with Crippen LogP contribution in [0.5, 0.6) is 5.75 Å². The summed E-state index contributed by atoms with van der Waals surface area (Å²) in [6.45, 7) is 4.94. The second-order valence-corrected chi connectivity index (χ2v) is 4.98. The maximum atomic E-state index is 12.3. The van der Waals surface area contributed by atoms with E-state index in [-0.39, 0.29) is 11.6 Å². The molecule has 2 rings (SSSR count). The number of carbonyl (C=O) groups is 1. The van der Waals surface area contributed by atoms with E-state index in [0.717, 1.165) is 11.3 Å². The number of nitrogens with one attached hydrogen (secondary N) is 1. The van der Waals surface area contributed by atoms with Gasteiger partial charge in [0.2, 0.25) is 0 Å². The third-order valence-electron chi connectivity index (χ3n) is 3.25. The molecule has 0 atom stereocenters. The Morgan fingerprint density at radius 1 is 1.04 bits per heavy atom. The van der Waals surface area contributed by atoms with Crippen molar-refractivity contribution in [3.8, 4) is 5.75 Å². The number of rotatable bonds is 8. The smallest absolute Gasteiger partial charge is 0.273 e. The van der Waals surface area contributed by atoms with Crippen LogP contribution < -0.4 is 10.1 Å². The van der Waals surface area contributed by atoms with E-state index in [4.69, 9.17) is 9.57 Å². The van der Waals surface area contributed by atoms with E-state index in [9.17, 15) is 4.79 Å². The molecule has 0 bridgehead atoms. The van der Waals surface area contributed by atoms with Gasteiger partial charge in [-0.05, 0) is 31.5 Å². The Balaban J connectivity index is 2.25. The number of oxime groups is 1. The van der Waals surface area contributed by atoms with Gasteiger partial charge in [-0.25, -0.2) is 0 Å². The topological polar surface area (TPSA) is 59.9 Å². The monoisotopic (exact) mass is 326 g/mol. The zero-order chi connectivity index (χ0) is 17.2. The molecular formula is C19H22N2O3. The number of likely N-dealkylation sites (N-methyl/N-ethyl adjacent to an activating group) is 1. The molecule has 2 aromatic rings. The lowest BCUT2D eigenvalue weighted by atomic mass is 10.0. The van der Waals surface area contributed by atoms with Gasteiger partial charge >= 0.3 is 0 Å². The second-order valence-electron chi connectivity index (χ2n) is 4.98. The number of carbonyl (C=O) groups excluding carboxylic acids is 1. The Morgan fingerprint density at radius 3 is 2.46 bits per heavy atom. The summed E-state index contributed by atoms with van der Waals surface area (Å²) in [6, 6.07) is 17.1. The Morgan fingerprint density at radius 2 is 1.75 bits per heavy atom. The number of ether oxygens (including phenoxy) is 1. The van der Waals surface area contributed by atoms with Gasteiger partial charge in [-0.15, -0.1) is 0 Å². The number of benzene rings is 2. The third-order valence-corrected chi connectivity index (χ3v) is 3.25. The summed E-state index contributed by atoms with van der Waals surface area (Å²) < 4.78 is 5.80. The molecule has 0 aliphatic rings. The molecule has 0 spiro atoms. The SMILES string of the molecule is CCNC(=O)C(=NOCC)c1ccccc1COc1ccccc1. The van der Waals surface area contributed by atoms with Crippen LogP contribution in [0.25, 0.3) is 0 Å². The van der Waals surface area contributed by atoms with Crippen LogP contribution in [0.2, 0.25) is 0 Å². The highest BCUT2D eigenvalue weighted by Gasteiger charge is 2.18. The number of nitrogens with zero attached hydrogens (tertiary/aromatic N) is 1. The lowest BCUT2D eigenvalue weighted by Crippen LogP contribution is -2.32. The minimum Gasteiger partial charge on any atom is -0.489 e. The van der Waals surface area contributed by atoms with E-state index >= 15 is 0 Å². The van der Waals surface area contributed by atoms with Gasteiger partial charge in [-0.1, -0.05) is 47.6 Å². The molecule has 0 radical (unpaired) electrons. The van der Waals surface area contributed by atoms with E-state index in [1.807, 2.05) is 68.4 Å². The van der Waals surface area contributed by atoms with Crippen LogP contribution in [-0.4, -0.2) is 24.8 Å². The number of hydrogen-bond donors (Lipinski definition) is 1. The molecule has 0 heterocycles. The maximum absolute atomic E-state index is 12.3. The van der Waals surface area contributed by atoms with Crippen molar-refractivity contribution in [3.05, 3.63) is 65.7 Å². The van der Waals surface area contributed by atoms with Crippen molar-refractivity contribution < 1.29 is 14.4 Å². The molecule has 0 saturated carbocycles. The van der Waals surface area contributed by atoms with E-state index in [2.05, 4.69) is 10.5 Å². The Kier molecular flexibility index (Phi) is 6.83. The summed E-state index contributed by atoms with van der Waals surface area (Å²) in [5.41, 5.74) is 1.82. The van der Waals surface area contributed by atoms with Crippen LogP contribution in [0.1, 0.15) is 25.0 Å². The highest BCUT2D eigenvalue weighted by atomic mass is 16.6. The van der Waals surface area contributed by atoms with Crippen molar-refractivity contribution in [3.63, 3.8) is 0 Å². The zero-order valence-electron chi connectivity index (χ0n) is 14.0. The van der Waals surface area contributed by atoms with Gasteiger partial charge in [0.1, 0.15) is 19.0 Å². The molecule has 0 unspecified atom stereocenters. The van der Waals surface area contributed by atoms with Crippen LogP contribution in [0.4, 0.5) is 0 Å². The van der Waals surface area contributed by atoms with Crippen LogP contribution in [0.3, 0.4) is 0 Å². The van der Waals surface area contributed by atoms with E-state index in [1.54, 1.807) is 0 Å². The second kappa shape index (κ2) is 9.35. The molecule has 0 fully saturated rings. The Hall–Kier alpha value is -2.82. The van der Waals surface area contributed by atoms with Crippen LogP contribution >= 0.6 is 0 Å². The molecule has 0 aromatic heterocycles. The molecule has 0 aliphatic carbocycles. The average Bonchev–Trinajstić information content (AvgIpc) is 2.62. The lowest BCUT2D eigenvalue weighted by Gasteiger charge is -2.12. The summed E-state index contributed by atoms with van der Waals surface area (Å²) >= 11 is 0. The van der Waals surface area contributed by atoms with Gasteiger partial charge in [0.25, 0.3) is 5.91 Å². The minimum absolute atomic E-state index is 0.256. The van der Waals surface area contributed by atoms with Gasteiger partial charge in [0, 0.05) is 12.1 Å². The first kappa shape index (κ1) is 17.5. The predicted molar refractivity (Wildman–Crippen MR) is 94.1 cm³/mol. The minimum atomic E-state index is -0.266. The molecule has 126 valence electrons. The lowest BCUT2D eigenvalue weighted by molar-refractivity contribution is -0.114. The first-order valence-corrected chi connectivity index (χ1v) is 8.00. The molecule has 5 heteroatoms. The predicted octanol–water partition coefficient (Wildman–Crippen LogP) is 3.14.